The lowest BCUT2D eigenvalue weighted by Crippen LogP contribution is -2.52. The van der Waals surface area contributed by atoms with Crippen LogP contribution in [0.3, 0.4) is 0 Å². The van der Waals surface area contributed by atoms with Gasteiger partial charge in [-0.2, -0.15) is 0 Å². The van der Waals surface area contributed by atoms with Crippen LogP contribution in [-0.4, -0.2) is 41.5 Å². The third-order valence-electron chi connectivity index (χ3n) is 4.78. The lowest BCUT2D eigenvalue weighted by molar-refractivity contribution is 0.0657. The molecule has 2 aromatic rings. The van der Waals surface area contributed by atoms with Crippen LogP contribution in [0.25, 0.3) is 10.9 Å². The van der Waals surface area contributed by atoms with Crippen molar-refractivity contribution in [3.63, 3.8) is 0 Å². The molecule has 1 aromatic heterocycles. The predicted molar refractivity (Wildman–Crippen MR) is 102 cm³/mol. The Bertz CT molecular complexity index is 782. The predicted octanol–water partition coefficient (Wildman–Crippen LogP) is 3.53. The topological polar surface area (TPSA) is 45.2 Å². The Morgan fingerprint density at radius 2 is 2.04 bits per heavy atom. The van der Waals surface area contributed by atoms with E-state index in [1.54, 1.807) is 6.07 Å². The normalized spacial score (nSPS) is 19.9. The zero-order valence-corrected chi connectivity index (χ0v) is 15.6. The molecule has 1 aromatic carbocycles. The van der Waals surface area contributed by atoms with Crippen LogP contribution in [0.5, 0.6) is 0 Å². The van der Waals surface area contributed by atoms with Gasteiger partial charge in [0.15, 0.2) is 0 Å². The van der Waals surface area contributed by atoms with Gasteiger partial charge in [0.25, 0.3) is 5.91 Å². The van der Waals surface area contributed by atoms with Crippen molar-refractivity contribution >= 4 is 41.6 Å². The number of carbonyl (C=O) groups is 1. The van der Waals surface area contributed by atoms with Gasteiger partial charge in [-0.25, -0.2) is 4.39 Å². The van der Waals surface area contributed by atoms with Gasteiger partial charge in [0.2, 0.25) is 0 Å². The second-order valence-corrected chi connectivity index (χ2v) is 6.58. The summed E-state index contributed by atoms with van der Waals surface area (Å²) in [7, 11) is 0. The molecule has 0 radical (unpaired) electrons. The summed E-state index contributed by atoms with van der Waals surface area (Å²) in [5.41, 5.74) is 2.27. The van der Waals surface area contributed by atoms with E-state index in [2.05, 4.69) is 10.3 Å². The molecular formula is C18H22Cl2FN3O. The molecule has 2 heterocycles. The van der Waals surface area contributed by atoms with Crippen LogP contribution in [0.2, 0.25) is 0 Å². The van der Waals surface area contributed by atoms with Crippen LogP contribution in [0.1, 0.15) is 41.7 Å². The first-order chi connectivity index (χ1) is 11.1. The first-order valence-corrected chi connectivity index (χ1v) is 8.25. The molecule has 2 fully saturated rings. The third-order valence-corrected chi connectivity index (χ3v) is 4.78. The van der Waals surface area contributed by atoms with E-state index < -0.39 is 0 Å². The maximum absolute atomic E-state index is 13.7. The maximum Gasteiger partial charge on any atom is 0.254 e. The minimum atomic E-state index is -0.333. The van der Waals surface area contributed by atoms with Gasteiger partial charge in [-0.3, -0.25) is 9.78 Å². The molecule has 1 saturated carbocycles. The molecule has 1 saturated heterocycles. The molecule has 0 bridgehead atoms. The zero-order valence-electron chi connectivity index (χ0n) is 14.0. The number of nitrogens with zero attached hydrogens (tertiary/aromatic N) is 2. The molecule has 1 atom stereocenters. The first kappa shape index (κ1) is 19.9. The standard InChI is InChI=1S/C18H20FN3O.2ClH/c1-11-10-20-6-7-22(11)18(23)15-9-17(12-2-3-12)21-16-5-4-13(19)8-14(15)16;;/h4-5,8-9,11-12,20H,2-3,6-7,10H2,1H3;2*1H/t11-;;/m1../s1. The Morgan fingerprint density at radius 1 is 1.28 bits per heavy atom. The van der Waals surface area contributed by atoms with Crippen molar-refractivity contribution < 1.29 is 9.18 Å². The van der Waals surface area contributed by atoms with Crippen molar-refractivity contribution in [1.29, 1.82) is 0 Å². The molecular weight excluding hydrogens is 364 g/mol. The second kappa shape index (κ2) is 7.85. The van der Waals surface area contributed by atoms with Crippen LogP contribution in [0.15, 0.2) is 24.3 Å². The average molecular weight is 386 g/mol. The molecule has 1 amide bonds. The average Bonchev–Trinajstić information content (AvgIpc) is 3.38. The molecule has 25 heavy (non-hydrogen) atoms. The van der Waals surface area contributed by atoms with Gasteiger partial charge in [-0.1, -0.05) is 0 Å². The molecule has 136 valence electrons. The Labute approximate surface area is 159 Å². The van der Waals surface area contributed by atoms with E-state index in [0.29, 0.717) is 28.9 Å². The molecule has 1 aliphatic carbocycles. The maximum atomic E-state index is 13.7. The molecule has 2 aliphatic rings. The number of fused-ring (bicyclic) bond motifs is 1. The van der Waals surface area contributed by atoms with Crippen LogP contribution in [0, 0.1) is 5.82 Å². The van der Waals surface area contributed by atoms with Crippen LogP contribution < -0.4 is 5.32 Å². The number of pyridine rings is 1. The van der Waals surface area contributed by atoms with Gasteiger partial charge >= 0.3 is 0 Å². The van der Waals surface area contributed by atoms with Gasteiger partial charge in [0.05, 0.1) is 11.1 Å². The van der Waals surface area contributed by atoms with Gasteiger partial charge in [0, 0.05) is 42.7 Å². The molecule has 4 rings (SSSR count). The lowest BCUT2D eigenvalue weighted by atomic mass is 10.0. The Kier molecular flexibility index (Phi) is 6.25. The van der Waals surface area contributed by atoms with E-state index in [4.69, 9.17) is 0 Å². The number of hydrogen-bond donors (Lipinski definition) is 1. The number of aromatic nitrogens is 1. The highest BCUT2D eigenvalue weighted by Crippen LogP contribution is 2.40. The Hall–Kier alpha value is -1.43. The number of rotatable bonds is 2. The molecule has 0 unspecified atom stereocenters. The van der Waals surface area contributed by atoms with Gasteiger partial charge in [-0.15, -0.1) is 24.8 Å². The van der Waals surface area contributed by atoms with E-state index in [1.165, 1.54) is 12.1 Å². The van der Waals surface area contributed by atoms with E-state index in [-0.39, 0.29) is 42.6 Å². The fourth-order valence-corrected chi connectivity index (χ4v) is 3.28. The Balaban J connectivity index is 0.00000113. The van der Waals surface area contributed by atoms with Crippen molar-refractivity contribution in [3.8, 4) is 0 Å². The zero-order chi connectivity index (χ0) is 16.0. The van der Waals surface area contributed by atoms with Crippen molar-refractivity contribution in [2.75, 3.05) is 19.6 Å². The molecule has 1 aliphatic heterocycles. The van der Waals surface area contributed by atoms with Crippen molar-refractivity contribution in [2.45, 2.75) is 31.7 Å². The fraction of sp³-hybridized carbons (Fsp3) is 0.444. The summed E-state index contributed by atoms with van der Waals surface area (Å²) < 4.78 is 13.7. The second-order valence-electron chi connectivity index (χ2n) is 6.58. The monoisotopic (exact) mass is 385 g/mol. The minimum absolute atomic E-state index is 0. The summed E-state index contributed by atoms with van der Waals surface area (Å²) >= 11 is 0. The quantitative estimate of drug-likeness (QED) is 0.859. The number of hydrogen-bond acceptors (Lipinski definition) is 3. The third kappa shape index (κ3) is 3.89. The number of nitrogens with one attached hydrogen (secondary N) is 1. The van der Waals surface area contributed by atoms with Gasteiger partial charge < -0.3 is 10.2 Å². The molecule has 0 spiro atoms. The number of piperazine rings is 1. The molecule has 1 N–H and O–H groups in total. The lowest BCUT2D eigenvalue weighted by Gasteiger charge is -2.34. The van der Waals surface area contributed by atoms with Crippen molar-refractivity contribution in [2.24, 2.45) is 0 Å². The van der Waals surface area contributed by atoms with Crippen molar-refractivity contribution in [3.05, 3.63) is 41.3 Å². The highest BCUT2D eigenvalue weighted by Gasteiger charge is 2.30. The summed E-state index contributed by atoms with van der Waals surface area (Å²) in [4.78, 5) is 19.6. The number of carbonyl (C=O) groups excluding carboxylic acids is 1. The van der Waals surface area contributed by atoms with Crippen LogP contribution in [0.4, 0.5) is 4.39 Å². The van der Waals surface area contributed by atoms with E-state index in [9.17, 15) is 9.18 Å². The van der Waals surface area contributed by atoms with E-state index >= 15 is 0 Å². The van der Waals surface area contributed by atoms with E-state index in [0.717, 1.165) is 31.6 Å². The van der Waals surface area contributed by atoms with Crippen LogP contribution in [-0.2, 0) is 0 Å². The van der Waals surface area contributed by atoms with E-state index in [1.807, 2.05) is 17.9 Å². The summed E-state index contributed by atoms with van der Waals surface area (Å²) in [5.74, 6) is 0.108. The summed E-state index contributed by atoms with van der Waals surface area (Å²) in [6.45, 7) is 4.30. The first-order valence-electron chi connectivity index (χ1n) is 8.25. The molecule has 7 heteroatoms. The summed E-state index contributed by atoms with van der Waals surface area (Å²) in [6.07, 6.45) is 2.24. The van der Waals surface area contributed by atoms with Crippen LogP contribution >= 0.6 is 24.8 Å². The highest BCUT2D eigenvalue weighted by molar-refractivity contribution is 6.06. The van der Waals surface area contributed by atoms with Gasteiger partial charge in [0.1, 0.15) is 5.82 Å². The van der Waals surface area contributed by atoms with Gasteiger partial charge in [-0.05, 0) is 44.0 Å². The summed E-state index contributed by atoms with van der Waals surface area (Å²) in [6, 6.07) is 6.54. The highest BCUT2D eigenvalue weighted by atomic mass is 35.5. The smallest absolute Gasteiger partial charge is 0.254 e. The largest absolute Gasteiger partial charge is 0.333 e. The Morgan fingerprint density at radius 3 is 2.72 bits per heavy atom. The number of amides is 1. The number of halogens is 3. The van der Waals surface area contributed by atoms with Crippen molar-refractivity contribution in [1.82, 2.24) is 15.2 Å². The number of benzene rings is 1. The minimum Gasteiger partial charge on any atom is -0.333 e. The summed E-state index contributed by atoms with van der Waals surface area (Å²) in [5, 5.41) is 3.91. The molecule has 4 nitrogen and oxygen atoms in total. The fourth-order valence-electron chi connectivity index (χ4n) is 3.28. The SMILES string of the molecule is C[C@@H]1CNCCN1C(=O)c1cc(C2CC2)nc2ccc(F)cc12.Cl.Cl.